The van der Waals surface area contributed by atoms with E-state index in [4.69, 9.17) is 9.47 Å². The van der Waals surface area contributed by atoms with Gasteiger partial charge in [0, 0.05) is 25.7 Å². The molecule has 0 saturated carbocycles. The molecule has 5 heteroatoms. The predicted molar refractivity (Wildman–Crippen MR) is 239 cm³/mol. The van der Waals surface area contributed by atoms with Crippen LogP contribution < -0.4 is 0 Å². The first-order chi connectivity index (χ1) is 26.4. The summed E-state index contributed by atoms with van der Waals surface area (Å²) in [5.74, 6) is 0. The minimum atomic E-state index is -0.480. The number of hydrogen-bond acceptors (Lipinski definition) is 5. The quantitative estimate of drug-likeness (QED) is 0.0354. The molecule has 0 aliphatic carbocycles. The van der Waals surface area contributed by atoms with Crippen molar-refractivity contribution in [1.82, 2.24) is 9.80 Å². The molecule has 0 radical (unpaired) electrons. The highest BCUT2D eigenvalue weighted by molar-refractivity contribution is 5.60. The van der Waals surface area contributed by atoms with Gasteiger partial charge in [-0.3, -0.25) is 4.90 Å². The highest BCUT2D eigenvalue weighted by Crippen LogP contribution is 2.18. The third-order valence-electron chi connectivity index (χ3n) is 10.4. The lowest BCUT2D eigenvalue weighted by molar-refractivity contribution is 0.0100. The zero-order valence-corrected chi connectivity index (χ0v) is 37.0. The van der Waals surface area contributed by atoms with E-state index in [0.29, 0.717) is 12.6 Å². The summed E-state index contributed by atoms with van der Waals surface area (Å²) in [4.78, 5) is 17.6. The van der Waals surface area contributed by atoms with Crippen LogP contribution in [-0.4, -0.2) is 67.9 Å². The highest BCUT2D eigenvalue weighted by atomic mass is 16.7. The van der Waals surface area contributed by atoms with Gasteiger partial charge >= 0.3 is 6.16 Å². The van der Waals surface area contributed by atoms with Crippen LogP contribution in [0.1, 0.15) is 208 Å². The molecule has 0 aromatic carbocycles. The van der Waals surface area contributed by atoms with Crippen LogP contribution in [0.4, 0.5) is 4.79 Å². The average Bonchev–Trinajstić information content (AvgIpc) is 3.15. The van der Waals surface area contributed by atoms with E-state index < -0.39 is 6.16 Å². The number of carbonyl (C=O) groups excluding carboxylic acids is 1. The molecule has 0 N–H and O–H groups in total. The Hall–Kier alpha value is -1.85. The molecular formula is C49H92N2O3. The van der Waals surface area contributed by atoms with Crippen LogP contribution in [0.3, 0.4) is 0 Å². The van der Waals surface area contributed by atoms with Crippen LogP contribution in [-0.2, 0) is 9.47 Å². The van der Waals surface area contributed by atoms with Crippen molar-refractivity contribution < 1.29 is 14.3 Å². The smallest absolute Gasteiger partial charge is 0.433 e. The summed E-state index contributed by atoms with van der Waals surface area (Å²) >= 11 is 0. The van der Waals surface area contributed by atoms with E-state index in [1.165, 1.54) is 135 Å². The zero-order chi connectivity index (χ0) is 39.6. The third-order valence-corrected chi connectivity index (χ3v) is 10.4. The van der Waals surface area contributed by atoms with Gasteiger partial charge in [-0.15, -0.1) is 0 Å². The third kappa shape index (κ3) is 38.4. The number of nitrogens with zero attached hydrogens (tertiary/aromatic N) is 2. The Labute approximate surface area is 337 Å². The molecule has 0 aromatic heterocycles. The average molecular weight is 757 g/mol. The van der Waals surface area contributed by atoms with E-state index in [-0.39, 0.29) is 6.10 Å². The van der Waals surface area contributed by atoms with Gasteiger partial charge in [-0.05, 0) is 124 Å². The lowest BCUT2D eigenvalue weighted by Gasteiger charge is -2.28. The first-order valence-corrected chi connectivity index (χ1v) is 23.3. The maximum absolute atomic E-state index is 12.8. The van der Waals surface area contributed by atoms with Crippen LogP contribution in [0.15, 0.2) is 48.6 Å². The number of hydrogen-bond donors (Lipinski definition) is 0. The van der Waals surface area contributed by atoms with Crippen molar-refractivity contribution >= 4 is 6.16 Å². The lowest BCUT2D eigenvalue weighted by atomic mass is 10.0. The monoisotopic (exact) mass is 757 g/mol. The van der Waals surface area contributed by atoms with Crippen molar-refractivity contribution in [3.05, 3.63) is 48.6 Å². The maximum Gasteiger partial charge on any atom is 0.508 e. The number of allylic oxidation sites excluding steroid dienone is 8. The zero-order valence-electron chi connectivity index (χ0n) is 37.0. The second-order valence-electron chi connectivity index (χ2n) is 16.0. The van der Waals surface area contributed by atoms with Gasteiger partial charge < -0.3 is 14.4 Å². The SMILES string of the molecule is CCCCC/C=C\C/C=C\CCCCCCCCC(CCCCCCCC/C=C\C/C=C\CCCCC)OC(=O)OCCN(CCN(C)CCC)C(C)C. The lowest BCUT2D eigenvalue weighted by Crippen LogP contribution is -2.40. The van der Waals surface area contributed by atoms with Gasteiger partial charge in [0.05, 0.1) is 0 Å². The van der Waals surface area contributed by atoms with Gasteiger partial charge in [0.2, 0.25) is 0 Å². The fraction of sp³-hybridized carbons (Fsp3) is 0.816. The maximum atomic E-state index is 12.8. The first kappa shape index (κ1) is 52.2. The Balaban J connectivity index is 4.44. The normalized spacial score (nSPS) is 12.5. The van der Waals surface area contributed by atoms with Crippen LogP contribution in [0.2, 0.25) is 0 Å². The minimum absolute atomic E-state index is 0.0296. The summed E-state index contributed by atoms with van der Waals surface area (Å²) in [6.07, 6.45) is 51.1. The molecule has 0 saturated heterocycles. The second kappa shape index (κ2) is 42.3. The number of carbonyl (C=O) groups is 1. The van der Waals surface area contributed by atoms with E-state index in [2.05, 4.69) is 100 Å². The van der Waals surface area contributed by atoms with Crippen molar-refractivity contribution in [1.29, 1.82) is 0 Å². The Bertz CT molecular complexity index is 847. The molecule has 0 unspecified atom stereocenters. The summed E-state index contributed by atoms with van der Waals surface area (Å²) in [6.45, 7) is 15.4. The van der Waals surface area contributed by atoms with Crippen LogP contribution in [0.25, 0.3) is 0 Å². The Morgan fingerprint density at radius 3 is 1.35 bits per heavy atom. The molecule has 0 aromatic rings. The number of unbranched alkanes of at least 4 members (excludes halogenated alkanes) is 18. The number of likely N-dealkylation sites (N-methyl/N-ethyl adjacent to an activating group) is 1. The highest BCUT2D eigenvalue weighted by Gasteiger charge is 2.17. The van der Waals surface area contributed by atoms with Gasteiger partial charge in [0.1, 0.15) is 12.7 Å². The Morgan fingerprint density at radius 1 is 0.500 bits per heavy atom. The minimum Gasteiger partial charge on any atom is -0.433 e. The van der Waals surface area contributed by atoms with Crippen molar-refractivity contribution in [3.63, 3.8) is 0 Å². The molecule has 0 amide bonds. The van der Waals surface area contributed by atoms with Gasteiger partial charge in [-0.1, -0.05) is 146 Å². The van der Waals surface area contributed by atoms with E-state index in [1.807, 2.05) is 0 Å². The number of rotatable bonds is 40. The second-order valence-corrected chi connectivity index (χ2v) is 16.0. The fourth-order valence-electron chi connectivity index (χ4n) is 6.82. The summed E-state index contributed by atoms with van der Waals surface area (Å²) in [5, 5.41) is 0. The molecule has 0 fully saturated rings. The fourth-order valence-corrected chi connectivity index (χ4v) is 6.82. The van der Waals surface area contributed by atoms with E-state index in [1.54, 1.807) is 0 Å². The van der Waals surface area contributed by atoms with Crippen LogP contribution in [0.5, 0.6) is 0 Å². The van der Waals surface area contributed by atoms with Gasteiger partial charge in [0.15, 0.2) is 0 Å². The molecule has 0 heterocycles. The van der Waals surface area contributed by atoms with Crippen LogP contribution >= 0.6 is 0 Å². The van der Waals surface area contributed by atoms with E-state index in [9.17, 15) is 4.79 Å². The topological polar surface area (TPSA) is 42.0 Å². The predicted octanol–water partition coefficient (Wildman–Crippen LogP) is 15.0. The van der Waals surface area contributed by atoms with E-state index in [0.717, 1.165) is 64.7 Å². The molecule has 54 heavy (non-hydrogen) atoms. The van der Waals surface area contributed by atoms with Gasteiger partial charge in [-0.2, -0.15) is 0 Å². The van der Waals surface area contributed by atoms with Crippen molar-refractivity contribution in [2.24, 2.45) is 0 Å². The molecule has 0 aliphatic rings. The number of ether oxygens (including phenoxy) is 2. The first-order valence-electron chi connectivity index (χ1n) is 23.3. The largest absolute Gasteiger partial charge is 0.508 e. The summed E-state index contributed by atoms with van der Waals surface area (Å²) in [7, 11) is 2.18. The molecule has 0 aliphatic heterocycles. The standard InChI is InChI=1S/C49H92N2O3/c1-7-10-12-14-16-18-20-22-24-26-28-30-32-34-36-38-40-48(54-49(52)53-46-45-51(47(4)5)44-43-50(6)42-9-3)41-39-37-35-33-31-29-27-25-23-21-19-17-15-13-11-8-2/h16-19,22-25,47-48H,7-15,20-21,26-46H2,1-6H3/b18-16-,19-17-,24-22-,25-23-. The van der Waals surface area contributed by atoms with Gasteiger partial charge in [-0.25, -0.2) is 4.79 Å². The van der Waals surface area contributed by atoms with E-state index >= 15 is 0 Å². The van der Waals surface area contributed by atoms with Crippen molar-refractivity contribution in [3.8, 4) is 0 Å². The molecule has 0 rings (SSSR count). The summed E-state index contributed by atoms with van der Waals surface area (Å²) in [5.41, 5.74) is 0. The van der Waals surface area contributed by atoms with Gasteiger partial charge in [0.25, 0.3) is 0 Å². The Kier molecular flexibility index (Phi) is 40.8. The molecular weight excluding hydrogens is 665 g/mol. The summed E-state index contributed by atoms with van der Waals surface area (Å²) < 4.78 is 11.6. The summed E-state index contributed by atoms with van der Waals surface area (Å²) in [6, 6.07) is 0.417. The van der Waals surface area contributed by atoms with Crippen molar-refractivity contribution in [2.45, 2.75) is 220 Å². The molecule has 0 bridgehead atoms. The molecule has 5 nitrogen and oxygen atoms in total. The van der Waals surface area contributed by atoms with Crippen molar-refractivity contribution in [2.75, 3.05) is 39.8 Å². The Morgan fingerprint density at radius 2 is 0.926 bits per heavy atom. The van der Waals surface area contributed by atoms with Crippen LogP contribution in [0, 0.1) is 0 Å². The molecule has 0 spiro atoms. The molecule has 316 valence electrons. The molecule has 0 atom stereocenters.